The summed E-state index contributed by atoms with van der Waals surface area (Å²) in [6.45, 7) is 0. The second-order valence-corrected chi connectivity index (χ2v) is 8.07. The molecule has 0 aliphatic heterocycles. The van der Waals surface area contributed by atoms with Gasteiger partial charge in [0.25, 0.3) is 17.5 Å². The van der Waals surface area contributed by atoms with Gasteiger partial charge in [-0.3, -0.25) is 19.7 Å². The van der Waals surface area contributed by atoms with Crippen molar-refractivity contribution in [1.29, 1.82) is 0 Å². The number of amides is 2. The SMILES string of the molecule is COc1ccc(Cl)cc1C(=O)NC(=Cc1cccc([N+](=O)[O-])c1)C(=O)Nc1ccc(Cl)cc1Cl. The number of nitrogens with one attached hydrogen (secondary N) is 2. The van der Waals surface area contributed by atoms with Crippen LogP contribution in [0.4, 0.5) is 11.4 Å². The van der Waals surface area contributed by atoms with Gasteiger partial charge >= 0.3 is 0 Å². The predicted molar refractivity (Wildman–Crippen MR) is 132 cm³/mol. The molecule has 0 heterocycles. The molecular weight excluding hydrogens is 505 g/mol. The Labute approximate surface area is 209 Å². The average Bonchev–Trinajstić information content (AvgIpc) is 2.80. The fraction of sp³-hybridized carbons (Fsp3) is 0.0435. The maximum atomic E-state index is 13.1. The van der Waals surface area contributed by atoms with E-state index >= 15 is 0 Å². The third-order valence-corrected chi connectivity index (χ3v) is 5.25. The third kappa shape index (κ3) is 6.26. The lowest BCUT2D eigenvalue weighted by Gasteiger charge is -2.14. The van der Waals surface area contributed by atoms with Crippen LogP contribution in [-0.2, 0) is 4.79 Å². The van der Waals surface area contributed by atoms with Crippen molar-refractivity contribution in [2.24, 2.45) is 0 Å². The molecule has 3 aromatic rings. The van der Waals surface area contributed by atoms with E-state index in [-0.39, 0.29) is 38.4 Å². The summed E-state index contributed by atoms with van der Waals surface area (Å²) in [5.41, 5.74) is 0.239. The number of non-ortho nitro benzene ring substituents is 1. The van der Waals surface area contributed by atoms with Crippen LogP contribution in [0.2, 0.25) is 15.1 Å². The highest BCUT2D eigenvalue weighted by Gasteiger charge is 2.19. The van der Waals surface area contributed by atoms with Crippen molar-refractivity contribution in [3.8, 4) is 5.75 Å². The molecule has 8 nitrogen and oxygen atoms in total. The Morgan fingerprint density at radius 2 is 1.71 bits per heavy atom. The molecule has 3 rings (SSSR count). The Hall–Kier alpha value is -3.59. The van der Waals surface area contributed by atoms with E-state index in [1.165, 1.54) is 61.7 Å². The molecule has 0 aliphatic carbocycles. The van der Waals surface area contributed by atoms with E-state index in [0.717, 1.165) is 0 Å². The number of carbonyl (C=O) groups is 2. The molecule has 0 saturated heterocycles. The van der Waals surface area contributed by atoms with Crippen LogP contribution in [0.25, 0.3) is 6.08 Å². The van der Waals surface area contributed by atoms with Gasteiger partial charge < -0.3 is 15.4 Å². The molecule has 0 spiro atoms. The molecule has 0 bridgehead atoms. The van der Waals surface area contributed by atoms with Gasteiger partial charge in [0.05, 0.1) is 28.3 Å². The fourth-order valence-electron chi connectivity index (χ4n) is 2.88. The summed E-state index contributed by atoms with van der Waals surface area (Å²) in [7, 11) is 1.38. The Morgan fingerprint density at radius 1 is 1.00 bits per heavy atom. The molecule has 0 atom stereocenters. The summed E-state index contributed by atoms with van der Waals surface area (Å²) in [6.07, 6.45) is 1.29. The molecule has 0 fully saturated rings. The van der Waals surface area contributed by atoms with Gasteiger partial charge in [-0.25, -0.2) is 0 Å². The number of anilines is 1. The van der Waals surface area contributed by atoms with Gasteiger partial charge in [0.15, 0.2) is 0 Å². The second-order valence-electron chi connectivity index (χ2n) is 6.79. The zero-order valence-electron chi connectivity index (χ0n) is 17.5. The number of nitro groups is 1. The Kier molecular flexibility index (Phi) is 8.12. The van der Waals surface area contributed by atoms with E-state index < -0.39 is 16.7 Å². The molecular formula is C23H16Cl3N3O5. The number of hydrogen-bond acceptors (Lipinski definition) is 5. The number of halogens is 3. The molecule has 174 valence electrons. The topological polar surface area (TPSA) is 111 Å². The van der Waals surface area contributed by atoms with Crippen molar-refractivity contribution < 1.29 is 19.2 Å². The molecule has 34 heavy (non-hydrogen) atoms. The summed E-state index contributed by atoms with van der Waals surface area (Å²) in [5, 5.41) is 17.1. The minimum atomic E-state index is -0.731. The summed E-state index contributed by atoms with van der Waals surface area (Å²) in [4.78, 5) is 36.6. The quantitative estimate of drug-likeness (QED) is 0.226. The summed E-state index contributed by atoms with van der Waals surface area (Å²) in [6, 6.07) is 14.5. The van der Waals surface area contributed by atoms with Gasteiger partial charge in [0.1, 0.15) is 11.4 Å². The Balaban J connectivity index is 2.00. The highest BCUT2D eigenvalue weighted by molar-refractivity contribution is 6.37. The standard InChI is InChI=1S/C23H16Cl3N3O5/c1-34-21-8-6-14(24)11-17(21)22(30)28-20(10-13-3-2-4-16(9-13)29(32)33)23(31)27-19-7-5-15(25)12-18(19)26/h2-12H,1H3,(H,27,31)(H,28,30). The minimum absolute atomic E-state index is 0.0808. The first-order valence-corrected chi connectivity index (χ1v) is 10.7. The van der Waals surface area contributed by atoms with Crippen LogP contribution in [0.15, 0.2) is 66.4 Å². The van der Waals surface area contributed by atoms with E-state index in [2.05, 4.69) is 10.6 Å². The lowest BCUT2D eigenvalue weighted by Crippen LogP contribution is -2.31. The van der Waals surface area contributed by atoms with Crippen LogP contribution in [0.5, 0.6) is 5.75 Å². The van der Waals surface area contributed by atoms with Crippen molar-refractivity contribution in [3.63, 3.8) is 0 Å². The first-order chi connectivity index (χ1) is 16.2. The van der Waals surface area contributed by atoms with E-state index in [9.17, 15) is 19.7 Å². The minimum Gasteiger partial charge on any atom is -0.496 e. The van der Waals surface area contributed by atoms with Crippen molar-refractivity contribution in [2.75, 3.05) is 12.4 Å². The van der Waals surface area contributed by atoms with Gasteiger partial charge in [0.2, 0.25) is 0 Å². The predicted octanol–water partition coefficient (Wildman–Crippen LogP) is 5.97. The van der Waals surface area contributed by atoms with E-state index in [0.29, 0.717) is 10.6 Å². The number of nitro benzene ring substituents is 1. The van der Waals surface area contributed by atoms with Crippen LogP contribution in [0.3, 0.4) is 0 Å². The molecule has 0 aliphatic rings. The number of carbonyl (C=O) groups excluding carboxylic acids is 2. The monoisotopic (exact) mass is 519 g/mol. The van der Waals surface area contributed by atoms with Crippen LogP contribution in [0, 0.1) is 10.1 Å². The third-order valence-electron chi connectivity index (χ3n) is 4.47. The zero-order valence-corrected chi connectivity index (χ0v) is 19.7. The average molecular weight is 521 g/mol. The van der Waals surface area contributed by atoms with Crippen LogP contribution < -0.4 is 15.4 Å². The van der Waals surface area contributed by atoms with E-state index in [4.69, 9.17) is 39.5 Å². The molecule has 0 radical (unpaired) electrons. The Bertz CT molecular complexity index is 1310. The summed E-state index contributed by atoms with van der Waals surface area (Å²) < 4.78 is 5.20. The van der Waals surface area contributed by atoms with Crippen molar-refractivity contribution in [3.05, 3.63) is 103 Å². The molecule has 2 amide bonds. The molecule has 0 saturated carbocycles. The first kappa shape index (κ1) is 25.0. The molecule has 2 N–H and O–H groups in total. The zero-order chi connectivity index (χ0) is 24.8. The number of rotatable bonds is 7. The molecule has 11 heteroatoms. The van der Waals surface area contributed by atoms with Gasteiger partial charge in [-0.05, 0) is 48.0 Å². The highest BCUT2D eigenvalue weighted by Crippen LogP contribution is 2.27. The van der Waals surface area contributed by atoms with Crippen LogP contribution in [-0.4, -0.2) is 23.8 Å². The molecule has 0 aromatic heterocycles. The largest absolute Gasteiger partial charge is 0.496 e. The lowest BCUT2D eigenvalue weighted by atomic mass is 10.1. The number of benzene rings is 3. The van der Waals surface area contributed by atoms with Crippen molar-refractivity contribution >= 4 is 64.1 Å². The number of ether oxygens (including phenoxy) is 1. The van der Waals surface area contributed by atoms with Crippen molar-refractivity contribution in [1.82, 2.24) is 5.32 Å². The number of nitrogens with zero attached hydrogens (tertiary/aromatic N) is 1. The smallest absolute Gasteiger partial charge is 0.272 e. The van der Waals surface area contributed by atoms with E-state index in [1.807, 2.05) is 0 Å². The number of methoxy groups -OCH3 is 1. The normalized spacial score (nSPS) is 11.0. The summed E-state index contributed by atoms with van der Waals surface area (Å²) in [5.74, 6) is -1.18. The molecule has 0 unspecified atom stereocenters. The number of hydrogen-bond donors (Lipinski definition) is 2. The van der Waals surface area contributed by atoms with E-state index in [1.54, 1.807) is 12.1 Å². The van der Waals surface area contributed by atoms with Crippen molar-refractivity contribution in [2.45, 2.75) is 0 Å². The maximum Gasteiger partial charge on any atom is 0.272 e. The maximum absolute atomic E-state index is 13.1. The van der Waals surface area contributed by atoms with Gasteiger partial charge in [-0.1, -0.05) is 46.9 Å². The van der Waals surface area contributed by atoms with Gasteiger partial charge in [-0.15, -0.1) is 0 Å². The van der Waals surface area contributed by atoms with Gasteiger partial charge in [-0.2, -0.15) is 0 Å². The van der Waals surface area contributed by atoms with Gasteiger partial charge in [0, 0.05) is 22.2 Å². The summed E-state index contributed by atoms with van der Waals surface area (Å²) >= 11 is 18.1. The lowest BCUT2D eigenvalue weighted by molar-refractivity contribution is -0.384. The van der Waals surface area contributed by atoms with Crippen LogP contribution >= 0.6 is 34.8 Å². The Morgan fingerprint density at radius 3 is 2.38 bits per heavy atom. The fourth-order valence-corrected chi connectivity index (χ4v) is 3.51. The second kappa shape index (κ2) is 11.0. The first-order valence-electron chi connectivity index (χ1n) is 9.55. The van der Waals surface area contributed by atoms with Crippen LogP contribution in [0.1, 0.15) is 15.9 Å². The highest BCUT2D eigenvalue weighted by atomic mass is 35.5. The molecule has 3 aromatic carbocycles.